The maximum Gasteiger partial charge on any atom is 0.252 e. The van der Waals surface area contributed by atoms with Gasteiger partial charge in [-0.05, 0) is 122 Å². The first-order chi connectivity index (χ1) is 24.0. The van der Waals surface area contributed by atoms with Crippen LogP contribution in [0.3, 0.4) is 0 Å². The summed E-state index contributed by atoms with van der Waals surface area (Å²) in [6.07, 6.45) is 9.05. The molecule has 2 saturated carbocycles. The molecule has 2 aromatic carbocycles. The fourth-order valence-corrected chi connectivity index (χ4v) is 8.18. The molecule has 2 amide bonds. The van der Waals surface area contributed by atoms with Crippen LogP contribution < -0.4 is 15.5 Å². The highest BCUT2D eigenvalue weighted by atomic mass is 19.1. The lowest BCUT2D eigenvalue weighted by molar-refractivity contribution is -0.123. The predicted molar refractivity (Wildman–Crippen MR) is 196 cm³/mol. The smallest absolute Gasteiger partial charge is 0.252 e. The van der Waals surface area contributed by atoms with Gasteiger partial charge >= 0.3 is 0 Å². The highest BCUT2D eigenvalue weighted by Crippen LogP contribution is 2.48. The molecule has 50 heavy (non-hydrogen) atoms. The highest BCUT2D eigenvalue weighted by molar-refractivity contribution is 6.09. The molecule has 4 aromatic rings. The predicted octanol–water partition coefficient (Wildman–Crippen LogP) is 7.60. The molecule has 0 bridgehead atoms. The van der Waals surface area contributed by atoms with Crippen LogP contribution in [0.2, 0.25) is 0 Å². The van der Waals surface area contributed by atoms with Crippen LogP contribution in [0.4, 0.5) is 21.6 Å². The first-order valence-corrected chi connectivity index (χ1v) is 18.3. The zero-order valence-corrected chi connectivity index (χ0v) is 29.9. The fraction of sp³-hybridized carbons (Fsp3) is 0.500. The second-order valence-electron chi connectivity index (χ2n) is 15.9. The number of imidazole rings is 1. The van der Waals surface area contributed by atoms with E-state index >= 15 is 0 Å². The molecule has 3 fully saturated rings. The van der Waals surface area contributed by atoms with E-state index in [0.717, 1.165) is 51.9 Å². The van der Waals surface area contributed by atoms with Crippen LogP contribution in [0.15, 0.2) is 48.8 Å². The van der Waals surface area contributed by atoms with Gasteiger partial charge in [-0.25, -0.2) is 14.4 Å². The van der Waals surface area contributed by atoms with Crippen molar-refractivity contribution in [3.05, 3.63) is 65.5 Å². The minimum atomic E-state index is -0.725. The highest BCUT2D eigenvalue weighted by Gasteiger charge is 2.50. The third-order valence-electron chi connectivity index (χ3n) is 11.7. The van der Waals surface area contributed by atoms with Crippen LogP contribution in [0.25, 0.3) is 22.3 Å². The Bertz CT molecular complexity index is 1980. The quantitative estimate of drug-likeness (QED) is 0.190. The van der Waals surface area contributed by atoms with Gasteiger partial charge in [0.15, 0.2) is 5.82 Å². The molecule has 4 aliphatic rings. The van der Waals surface area contributed by atoms with E-state index in [1.807, 2.05) is 51.4 Å². The molecule has 2 N–H and O–H groups in total. The molecule has 8 rings (SSSR count). The molecule has 2 aliphatic carbocycles. The van der Waals surface area contributed by atoms with Crippen LogP contribution in [-0.2, 0) is 10.2 Å². The molecule has 4 heterocycles. The number of likely N-dealkylation sites (tertiary alicyclic amines) is 1. The largest absolute Gasteiger partial charge is 0.344 e. The normalized spacial score (nSPS) is 22.5. The van der Waals surface area contributed by atoms with Crippen LogP contribution >= 0.6 is 0 Å². The first-order valence-electron chi connectivity index (χ1n) is 18.3. The summed E-state index contributed by atoms with van der Waals surface area (Å²) in [6, 6.07) is 14.9. The Labute approximate surface area is 293 Å². The lowest BCUT2D eigenvalue weighted by Crippen LogP contribution is -2.57. The zero-order valence-electron chi connectivity index (χ0n) is 29.9. The molecule has 262 valence electrons. The summed E-state index contributed by atoms with van der Waals surface area (Å²) >= 11 is 0. The summed E-state index contributed by atoms with van der Waals surface area (Å²) in [5.74, 6) is 0.527. The number of nitrogens with zero attached hydrogens (tertiary/aromatic N) is 5. The Balaban J connectivity index is 1.14. The van der Waals surface area contributed by atoms with Gasteiger partial charge in [0.05, 0.1) is 28.5 Å². The SMILES string of the molecule is Cc1ccc(Nc2nc(-c3ccc4c(c3)N(C3CC(N5CCCCC5)C3)C(=O)C4(C)C)cc3ncn(C(C)C)c23)cc1C(=O)NC1(CF)CC1. The number of hydrogen-bond donors (Lipinski definition) is 2. The van der Waals surface area contributed by atoms with Gasteiger partial charge < -0.3 is 25.0 Å². The number of aryl methyl sites for hydroxylation is 1. The van der Waals surface area contributed by atoms with E-state index in [1.54, 1.807) is 0 Å². The van der Waals surface area contributed by atoms with Crippen LogP contribution in [-0.4, -0.2) is 68.6 Å². The van der Waals surface area contributed by atoms with Gasteiger partial charge in [0.1, 0.15) is 12.2 Å². The minimum Gasteiger partial charge on any atom is -0.344 e. The number of piperidine rings is 1. The number of carbonyl (C=O) groups is 2. The average Bonchev–Trinajstić information content (AvgIpc) is 3.67. The second-order valence-corrected chi connectivity index (χ2v) is 15.9. The number of halogens is 1. The van der Waals surface area contributed by atoms with E-state index < -0.39 is 17.6 Å². The van der Waals surface area contributed by atoms with E-state index in [9.17, 15) is 14.0 Å². The Morgan fingerprint density at radius 3 is 2.48 bits per heavy atom. The fourth-order valence-electron chi connectivity index (χ4n) is 8.18. The molecule has 0 unspecified atom stereocenters. The van der Waals surface area contributed by atoms with Crippen molar-refractivity contribution in [1.29, 1.82) is 0 Å². The van der Waals surface area contributed by atoms with Crippen molar-refractivity contribution in [3.63, 3.8) is 0 Å². The second kappa shape index (κ2) is 12.2. The van der Waals surface area contributed by atoms with Crippen molar-refractivity contribution in [2.24, 2.45) is 0 Å². The minimum absolute atomic E-state index is 0.140. The first kappa shape index (κ1) is 32.9. The van der Waals surface area contributed by atoms with Crippen molar-refractivity contribution in [2.75, 3.05) is 30.0 Å². The van der Waals surface area contributed by atoms with Gasteiger partial charge in [-0.15, -0.1) is 0 Å². The average molecular weight is 678 g/mol. The molecule has 9 nitrogen and oxygen atoms in total. The summed E-state index contributed by atoms with van der Waals surface area (Å²) < 4.78 is 15.7. The van der Waals surface area contributed by atoms with Gasteiger partial charge in [0.2, 0.25) is 5.91 Å². The van der Waals surface area contributed by atoms with Gasteiger partial charge in [0.25, 0.3) is 5.91 Å². The Morgan fingerprint density at radius 2 is 1.78 bits per heavy atom. The number of carbonyl (C=O) groups excluding carboxylic acids is 2. The van der Waals surface area contributed by atoms with Crippen molar-refractivity contribution in [1.82, 2.24) is 24.8 Å². The van der Waals surface area contributed by atoms with Gasteiger partial charge in [0, 0.05) is 40.6 Å². The molecule has 1 saturated heterocycles. The molecule has 0 spiro atoms. The van der Waals surface area contributed by atoms with Crippen molar-refractivity contribution in [2.45, 2.75) is 109 Å². The van der Waals surface area contributed by atoms with Crippen molar-refractivity contribution in [3.8, 4) is 11.3 Å². The number of alkyl halides is 1. The topological polar surface area (TPSA) is 95.4 Å². The number of aromatic nitrogens is 3. The Hall–Kier alpha value is -4.31. The molecule has 10 heteroatoms. The standard InChI is InChI=1S/C40H48FN7O2/c1-24(2)47-23-42-33-21-32(44-36(35(33)47)43-27-11-9-25(3)30(18-27)37(49)45-40(22-41)13-14-40)26-10-12-31-34(17-26)48(38(50)39(31,4)5)29-19-28(20-29)46-15-7-6-8-16-46/h9-12,17-18,21,23-24,28-29H,6-8,13-16,19-20,22H2,1-5H3,(H,43,44)(H,45,49). The summed E-state index contributed by atoms with van der Waals surface area (Å²) in [4.78, 5) is 41.9. The van der Waals surface area contributed by atoms with Crippen LogP contribution in [0.1, 0.15) is 100 Å². The van der Waals surface area contributed by atoms with E-state index in [0.29, 0.717) is 36.0 Å². The Morgan fingerprint density at radius 1 is 1.02 bits per heavy atom. The lowest BCUT2D eigenvalue weighted by atomic mass is 9.82. The number of anilines is 3. The number of pyridine rings is 1. The maximum atomic E-state index is 14.0. The van der Waals surface area contributed by atoms with Crippen LogP contribution in [0, 0.1) is 6.92 Å². The summed E-state index contributed by atoms with van der Waals surface area (Å²) in [6.45, 7) is 12.0. The molecule has 2 aromatic heterocycles. The molecule has 0 radical (unpaired) electrons. The number of rotatable bonds is 9. The van der Waals surface area contributed by atoms with E-state index in [2.05, 4.69) is 57.0 Å². The van der Waals surface area contributed by atoms with Crippen molar-refractivity contribution < 1.29 is 14.0 Å². The molecular formula is C40H48FN7O2. The number of amides is 2. The Kier molecular flexibility index (Phi) is 8.01. The number of fused-ring (bicyclic) bond motifs is 2. The monoisotopic (exact) mass is 677 g/mol. The van der Waals surface area contributed by atoms with Gasteiger partial charge in [-0.2, -0.15) is 0 Å². The molecule has 2 aliphatic heterocycles. The van der Waals surface area contributed by atoms with E-state index in [1.165, 1.54) is 32.4 Å². The van der Waals surface area contributed by atoms with Crippen LogP contribution in [0.5, 0.6) is 0 Å². The van der Waals surface area contributed by atoms with Crippen molar-refractivity contribution >= 4 is 40.0 Å². The van der Waals surface area contributed by atoms with E-state index in [-0.39, 0.29) is 23.9 Å². The summed E-state index contributed by atoms with van der Waals surface area (Å²) in [5, 5.41) is 6.42. The summed E-state index contributed by atoms with van der Waals surface area (Å²) in [7, 11) is 0. The van der Waals surface area contributed by atoms with E-state index in [4.69, 9.17) is 9.97 Å². The third kappa shape index (κ3) is 5.56. The maximum absolute atomic E-state index is 14.0. The number of hydrogen-bond acceptors (Lipinski definition) is 6. The lowest BCUT2D eigenvalue weighted by Gasteiger charge is -2.48. The summed E-state index contributed by atoms with van der Waals surface area (Å²) in [5.41, 5.74) is 6.07. The number of benzene rings is 2. The zero-order chi connectivity index (χ0) is 34.9. The van der Waals surface area contributed by atoms with Gasteiger partial charge in [-0.1, -0.05) is 24.6 Å². The van der Waals surface area contributed by atoms with Gasteiger partial charge in [-0.3, -0.25) is 9.59 Å². The number of nitrogens with one attached hydrogen (secondary N) is 2. The molecule has 0 atom stereocenters. The molecular weight excluding hydrogens is 629 g/mol. The third-order valence-corrected chi connectivity index (χ3v) is 11.7.